The van der Waals surface area contributed by atoms with Gasteiger partial charge in [0, 0.05) is 23.7 Å². The Hall–Kier alpha value is -3.46. The molecule has 0 atom stereocenters. The van der Waals surface area contributed by atoms with Crippen LogP contribution in [0.5, 0.6) is 5.75 Å². The third-order valence-electron chi connectivity index (χ3n) is 4.87. The lowest BCUT2D eigenvalue weighted by Gasteiger charge is -2.14. The minimum Gasteiger partial charge on any atom is -0.506 e. The number of anilines is 1. The molecule has 4 rings (SSSR count). The normalized spacial score (nSPS) is 15.0. The Bertz CT molecular complexity index is 1310. The number of nitrogens with one attached hydrogen (secondary N) is 2. The molecule has 9 heteroatoms. The summed E-state index contributed by atoms with van der Waals surface area (Å²) in [5, 5.41) is 12.9. The van der Waals surface area contributed by atoms with E-state index in [2.05, 4.69) is 10.0 Å². The fourth-order valence-electron chi connectivity index (χ4n) is 3.33. The second-order valence-electron chi connectivity index (χ2n) is 6.90. The van der Waals surface area contributed by atoms with Crippen LogP contribution in [0.15, 0.2) is 53.4 Å². The monoisotopic (exact) mass is 430 g/mol. The van der Waals surface area contributed by atoms with E-state index in [0.29, 0.717) is 17.2 Å². The van der Waals surface area contributed by atoms with Gasteiger partial charge in [0.05, 0.1) is 5.69 Å². The first-order chi connectivity index (χ1) is 14.2. The standard InChI is InChI=1S/C21H16F2N2O4S/c1-11-6-13-7-19(20(11)26)30(28,29)25-18-8-15(16(22)9-17(18)23)14-5-3-2-4-12(14)10-24-21(13)27/h2-9,25-26H,10H2,1H3,(H,24,27). The highest BCUT2D eigenvalue weighted by molar-refractivity contribution is 7.92. The van der Waals surface area contributed by atoms with Gasteiger partial charge in [0.2, 0.25) is 0 Å². The number of carbonyl (C=O) groups excluding carboxylic acids is 1. The molecule has 3 N–H and O–H groups in total. The van der Waals surface area contributed by atoms with Gasteiger partial charge in [-0.25, -0.2) is 17.2 Å². The molecule has 1 aliphatic heterocycles. The molecule has 0 fully saturated rings. The van der Waals surface area contributed by atoms with Crippen molar-refractivity contribution in [1.29, 1.82) is 0 Å². The number of rotatable bonds is 0. The Morgan fingerprint density at radius 3 is 2.50 bits per heavy atom. The minimum absolute atomic E-state index is 0.000708. The van der Waals surface area contributed by atoms with Crippen LogP contribution in [-0.2, 0) is 16.6 Å². The molecule has 3 aromatic rings. The topological polar surface area (TPSA) is 95.5 Å². The molecule has 154 valence electrons. The first-order valence-electron chi connectivity index (χ1n) is 8.89. The van der Waals surface area contributed by atoms with Crippen LogP contribution in [0.2, 0.25) is 0 Å². The number of aryl methyl sites for hydroxylation is 1. The number of phenols is 1. The number of aromatic hydroxyl groups is 1. The molecule has 30 heavy (non-hydrogen) atoms. The second kappa shape index (κ2) is 7.10. The largest absolute Gasteiger partial charge is 0.506 e. The van der Waals surface area contributed by atoms with Gasteiger partial charge >= 0.3 is 0 Å². The van der Waals surface area contributed by atoms with Crippen molar-refractivity contribution in [2.24, 2.45) is 0 Å². The summed E-state index contributed by atoms with van der Waals surface area (Å²) in [6, 6.07) is 10.6. The zero-order chi connectivity index (χ0) is 21.6. The van der Waals surface area contributed by atoms with Crippen molar-refractivity contribution < 1.29 is 27.1 Å². The first-order valence-corrected chi connectivity index (χ1v) is 10.4. The first kappa shape index (κ1) is 19.8. The molecule has 0 unspecified atom stereocenters. The Balaban J connectivity index is 2.01. The van der Waals surface area contributed by atoms with Crippen molar-refractivity contribution in [3.8, 4) is 16.9 Å². The average Bonchev–Trinajstić information content (AvgIpc) is 2.70. The van der Waals surface area contributed by atoms with Crippen molar-refractivity contribution in [3.05, 3.63) is 76.9 Å². The molecular formula is C21H16F2N2O4S. The Labute approximate surface area is 171 Å². The maximum absolute atomic E-state index is 14.6. The van der Waals surface area contributed by atoms with Crippen LogP contribution in [0.3, 0.4) is 0 Å². The highest BCUT2D eigenvalue weighted by Crippen LogP contribution is 2.34. The third-order valence-corrected chi connectivity index (χ3v) is 6.24. The maximum Gasteiger partial charge on any atom is 0.265 e. The van der Waals surface area contributed by atoms with Gasteiger partial charge in [-0.15, -0.1) is 0 Å². The van der Waals surface area contributed by atoms with Gasteiger partial charge in [0.1, 0.15) is 22.3 Å². The van der Waals surface area contributed by atoms with Gasteiger partial charge < -0.3 is 10.4 Å². The molecule has 6 nitrogen and oxygen atoms in total. The Kier molecular flexibility index (Phi) is 4.70. The number of fused-ring (bicyclic) bond motifs is 6. The van der Waals surface area contributed by atoms with Crippen LogP contribution in [0.4, 0.5) is 14.5 Å². The Morgan fingerprint density at radius 2 is 1.73 bits per heavy atom. The fraction of sp³-hybridized carbons (Fsp3) is 0.0952. The van der Waals surface area contributed by atoms with Gasteiger partial charge in [-0.2, -0.15) is 0 Å². The smallest absolute Gasteiger partial charge is 0.265 e. The van der Waals surface area contributed by atoms with Crippen LogP contribution < -0.4 is 10.0 Å². The second-order valence-corrected chi connectivity index (χ2v) is 8.55. The molecule has 0 saturated heterocycles. The summed E-state index contributed by atoms with van der Waals surface area (Å²) in [7, 11) is -4.49. The maximum atomic E-state index is 14.6. The summed E-state index contributed by atoms with van der Waals surface area (Å²) in [6.45, 7) is 1.46. The third kappa shape index (κ3) is 3.37. The predicted octanol–water partition coefficient (Wildman–Crippen LogP) is 3.69. The summed E-state index contributed by atoms with van der Waals surface area (Å²) in [5.74, 6) is -3.15. The summed E-state index contributed by atoms with van der Waals surface area (Å²) >= 11 is 0. The SMILES string of the molecule is Cc1cc2cc(c1O)S(=O)(=O)Nc1cc(c(F)cc1F)-c1ccccc1CNC2=O. The number of amides is 1. The van der Waals surface area contributed by atoms with Crippen molar-refractivity contribution in [2.45, 2.75) is 18.4 Å². The van der Waals surface area contributed by atoms with E-state index in [1.54, 1.807) is 24.3 Å². The molecule has 1 amide bonds. The quantitative estimate of drug-likeness (QED) is 0.507. The minimum atomic E-state index is -4.49. The number of benzene rings is 3. The number of carbonyl (C=O) groups is 1. The molecule has 0 spiro atoms. The van der Waals surface area contributed by atoms with Crippen molar-refractivity contribution in [3.63, 3.8) is 0 Å². The van der Waals surface area contributed by atoms with E-state index in [4.69, 9.17) is 0 Å². The average molecular weight is 430 g/mol. The van der Waals surface area contributed by atoms with Gasteiger partial charge in [-0.05, 0) is 41.8 Å². The number of hydrogen-bond donors (Lipinski definition) is 3. The van der Waals surface area contributed by atoms with Crippen LogP contribution in [0.25, 0.3) is 11.1 Å². The van der Waals surface area contributed by atoms with E-state index in [9.17, 15) is 27.1 Å². The van der Waals surface area contributed by atoms with E-state index in [-0.39, 0.29) is 23.2 Å². The lowest BCUT2D eigenvalue weighted by atomic mass is 9.98. The number of hydrogen-bond acceptors (Lipinski definition) is 4. The Morgan fingerprint density at radius 1 is 1.00 bits per heavy atom. The number of phenolic OH excluding ortho intramolecular Hbond substituents is 1. The lowest BCUT2D eigenvalue weighted by molar-refractivity contribution is 0.0950. The highest BCUT2D eigenvalue weighted by atomic mass is 32.2. The van der Waals surface area contributed by atoms with Crippen LogP contribution in [0, 0.1) is 18.6 Å². The summed E-state index contributed by atoms with van der Waals surface area (Å²) in [5.41, 5.74) is 0.563. The van der Waals surface area contributed by atoms with E-state index < -0.39 is 43.9 Å². The van der Waals surface area contributed by atoms with Crippen LogP contribution in [0.1, 0.15) is 21.5 Å². The van der Waals surface area contributed by atoms with Crippen LogP contribution in [-0.4, -0.2) is 19.4 Å². The highest BCUT2D eigenvalue weighted by Gasteiger charge is 2.26. The van der Waals surface area contributed by atoms with E-state index in [1.165, 1.54) is 13.0 Å². The van der Waals surface area contributed by atoms with E-state index >= 15 is 0 Å². The molecule has 0 aromatic heterocycles. The lowest BCUT2D eigenvalue weighted by Crippen LogP contribution is -2.24. The molecule has 1 heterocycles. The molecule has 0 aliphatic carbocycles. The summed E-state index contributed by atoms with van der Waals surface area (Å²) in [6.07, 6.45) is 0. The molecule has 0 saturated carbocycles. The number of sulfonamides is 1. The zero-order valence-corrected chi connectivity index (χ0v) is 16.5. The number of halogens is 2. The summed E-state index contributed by atoms with van der Waals surface area (Å²) in [4.78, 5) is 12.0. The predicted molar refractivity (Wildman–Crippen MR) is 107 cm³/mol. The molecule has 1 aliphatic rings. The molecule has 0 radical (unpaired) electrons. The van der Waals surface area contributed by atoms with Gasteiger partial charge in [-0.3, -0.25) is 9.52 Å². The van der Waals surface area contributed by atoms with Crippen molar-refractivity contribution in [2.75, 3.05) is 4.72 Å². The molecule has 4 bridgehead atoms. The fourth-order valence-corrected chi connectivity index (χ4v) is 4.58. The summed E-state index contributed by atoms with van der Waals surface area (Å²) < 4.78 is 56.8. The van der Waals surface area contributed by atoms with E-state index in [1.807, 2.05) is 0 Å². The molecular weight excluding hydrogens is 414 g/mol. The van der Waals surface area contributed by atoms with Gasteiger partial charge in [-0.1, -0.05) is 24.3 Å². The van der Waals surface area contributed by atoms with Crippen LogP contribution >= 0.6 is 0 Å². The zero-order valence-electron chi connectivity index (χ0n) is 15.7. The van der Waals surface area contributed by atoms with Crippen molar-refractivity contribution in [1.82, 2.24) is 5.32 Å². The van der Waals surface area contributed by atoms with Gasteiger partial charge in [0.15, 0.2) is 0 Å². The van der Waals surface area contributed by atoms with Crippen molar-refractivity contribution >= 4 is 21.6 Å². The van der Waals surface area contributed by atoms with E-state index in [0.717, 1.165) is 12.1 Å². The molecule has 3 aromatic carbocycles. The van der Waals surface area contributed by atoms with Gasteiger partial charge in [0.25, 0.3) is 15.9 Å².